The minimum atomic E-state index is 0.833. The predicted octanol–water partition coefficient (Wildman–Crippen LogP) is 2.98. The lowest BCUT2D eigenvalue weighted by molar-refractivity contribution is 0.740. The summed E-state index contributed by atoms with van der Waals surface area (Å²) >= 11 is 0. The van der Waals surface area contributed by atoms with Crippen LogP contribution in [-0.2, 0) is 0 Å². The fraction of sp³-hybridized carbons (Fsp3) is 0.333. The Morgan fingerprint density at radius 2 is 1.21 bits per heavy atom. The van der Waals surface area contributed by atoms with E-state index in [1.54, 1.807) is 0 Å². The molecular weight excluding hydrogens is 350 g/mol. The summed E-state index contributed by atoms with van der Waals surface area (Å²) in [5.74, 6) is 1.67. The molecule has 0 radical (unpaired) electrons. The van der Waals surface area contributed by atoms with Crippen molar-refractivity contribution >= 4 is 34.7 Å². The Bertz CT molecular complexity index is 803. The van der Waals surface area contributed by atoms with Crippen molar-refractivity contribution in [2.45, 2.75) is 12.8 Å². The average molecular weight is 377 g/mol. The topological polar surface area (TPSA) is 76.1 Å². The quantitative estimate of drug-likeness (QED) is 0.659. The molecule has 0 saturated carbocycles. The standard InChI is InChI=1S/C21H27N7/c1-28(18-10-4-2-8-16(18)26-20-22-12-6-13-23-20)19-11-5-3-9-17(19)27-21-24-14-7-15-25-21/h2-5,8-11H,6-7,12-15H2,1H3,(H2,22,23,26)(H2,24,25,27). The van der Waals surface area contributed by atoms with Gasteiger partial charge in [-0.2, -0.15) is 0 Å². The molecule has 0 spiro atoms. The van der Waals surface area contributed by atoms with Gasteiger partial charge in [0.1, 0.15) is 0 Å². The molecule has 4 rings (SSSR count). The molecule has 2 heterocycles. The number of hydrogen-bond donors (Lipinski definition) is 4. The number of nitrogens with one attached hydrogen (secondary N) is 4. The number of anilines is 4. The number of hydrogen-bond acceptors (Lipinski definition) is 7. The maximum Gasteiger partial charge on any atom is 0.195 e. The van der Waals surface area contributed by atoms with Crippen LogP contribution in [0.15, 0.2) is 58.5 Å². The average Bonchev–Trinajstić information content (AvgIpc) is 2.76. The van der Waals surface area contributed by atoms with Gasteiger partial charge in [0.2, 0.25) is 0 Å². The molecule has 0 atom stereocenters. The molecule has 0 unspecified atom stereocenters. The Morgan fingerprint density at radius 1 is 0.750 bits per heavy atom. The Balaban J connectivity index is 1.60. The molecule has 7 heteroatoms. The van der Waals surface area contributed by atoms with E-state index in [1.165, 1.54) is 0 Å². The van der Waals surface area contributed by atoms with Crippen molar-refractivity contribution in [3.8, 4) is 0 Å². The Kier molecular flexibility index (Phi) is 5.61. The maximum absolute atomic E-state index is 4.53. The van der Waals surface area contributed by atoms with Crippen molar-refractivity contribution in [1.29, 1.82) is 0 Å². The molecule has 0 fully saturated rings. The van der Waals surface area contributed by atoms with E-state index in [2.05, 4.69) is 79.6 Å². The van der Waals surface area contributed by atoms with Gasteiger partial charge >= 0.3 is 0 Å². The first-order valence-electron chi connectivity index (χ1n) is 9.84. The maximum atomic E-state index is 4.53. The minimum absolute atomic E-state index is 0.833. The number of guanidine groups is 2. The van der Waals surface area contributed by atoms with E-state index in [4.69, 9.17) is 0 Å². The van der Waals surface area contributed by atoms with Crippen molar-refractivity contribution in [3.63, 3.8) is 0 Å². The molecule has 146 valence electrons. The van der Waals surface area contributed by atoms with Crippen LogP contribution in [0.25, 0.3) is 0 Å². The number of para-hydroxylation sites is 4. The highest BCUT2D eigenvalue weighted by Crippen LogP contribution is 2.35. The highest BCUT2D eigenvalue weighted by atomic mass is 15.2. The molecular formula is C21H27N7. The second-order valence-electron chi connectivity index (χ2n) is 6.86. The first-order chi connectivity index (χ1) is 13.8. The normalized spacial score (nSPS) is 16.2. The summed E-state index contributed by atoms with van der Waals surface area (Å²) in [6, 6.07) is 16.5. The van der Waals surface area contributed by atoms with E-state index in [0.717, 1.165) is 73.7 Å². The molecule has 4 N–H and O–H groups in total. The van der Waals surface area contributed by atoms with Crippen LogP contribution in [0, 0.1) is 0 Å². The highest BCUT2D eigenvalue weighted by molar-refractivity contribution is 6.00. The van der Waals surface area contributed by atoms with E-state index in [1.807, 2.05) is 12.1 Å². The van der Waals surface area contributed by atoms with Gasteiger partial charge in [-0.25, -0.2) is 0 Å². The highest BCUT2D eigenvalue weighted by Gasteiger charge is 2.15. The SMILES string of the molecule is CN(c1ccccc1NC1=NCCCN1)c1ccccc1NC1=NCCCN1. The lowest BCUT2D eigenvalue weighted by Gasteiger charge is -2.27. The molecule has 0 saturated heterocycles. The molecule has 2 aromatic rings. The fourth-order valence-electron chi connectivity index (χ4n) is 3.36. The third-order valence-corrected chi connectivity index (χ3v) is 4.83. The monoisotopic (exact) mass is 377 g/mol. The summed E-state index contributed by atoms with van der Waals surface area (Å²) in [5.41, 5.74) is 4.18. The van der Waals surface area contributed by atoms with Gasteiger partial charge in [0.25, 0.3) is 0 Å². The number of nitrogens with zero attached hydrogens (tertiary/aromatic N) is 3. The van der Waals surface area contributed by atoms with Crippen molar-refractivity contribution < 1.29 is 0 Å². The smallest absolute Gasteiger partial charge is 0.195 e. The number of rotatable bonds is 4. The van der Waals surface area contributed by atoms with E-state index >= 15 is 0 Å². The number of benzene rings is 2. The lowest BCUT2D eigenvalue weighted by atomic mass is 10.2. The zero-order chi connectivity index (χ0) is 19.2. The molecule has 0 amide bonds. The van der Waals surface area contributed by atoms with Gasteiger partial charge < -0.3 is 26.2 Å². The van der Waals surface area contributed by atoms with Crippen molar-refractivity contribution in [3.05, 3.63) is 48.5 Å². The van der Waals surface area contributed by atoms with Crippen LogP contribution in [0.4, 0.5) is 22.7 Å². The lowest BCUT2D eigenvalue weighted by Crippen LogP contribution is -2.36. The predicted molar refractivity (Wildman–Crippen MR) is 118 cm³/mol. The first-order valence-corrected chi connectivity index (χ1v) is 9.84. The molecule has 0 aliphatic carbocycles. The molecule has 7 nitrogen and oxygen atoms in total. The van der Waals surface area contributed by atoms with Crippen LogP contribution in [0.3, 0.4) is 0 Å². The van der Waals surface area contributed by atoms with Crippen LogP contribution in [0.5, 0.6) is 0 Å². The second-order valence-corrected chi connectivity index (χ2v) is 6.86. The van der Waals surface area contributed by atoms with Crippen molar-refractivity contribution in [2.75, 3.05) is 48.8 Å². The van der Waals surface area contributed by atoms with Gasteiger partial charge in [-0.05, 0) is 37.1 Å². The Labute approximate surface area is 166 Å². The summed E-state index contributed by atoms with van der Waals surface area (Å²) in [5, 5.41) is 13.5. The Hall–Kier alpha value is -3.22. The van der Waals surface area contributed by atoms with Crippen LogP contribution in [0.2, 0.25) is 0 Å². The first kappa shape index (κ1) is 18.2. The van der Waals surface area contributed by atoms with Gasteiger partial charge in [0.05, 0.1) is 22.7 Å². The summed E-state index contributed by atoms with van der Waals surface area (Å²) < 4.78 is 0. The molecule has 0 aromatic heterocycles. The second kappa shape index (κ2) is 8.65. The summed E-state index contributed by atoms with van der Waals surface area (Å²) in [4.78, 5) is 11.2. The summed E-state index contributed by atoms with van der Waals surface area (Å²) in [7, 11) is 2.08. The van der Waals surface area contributed by atoms with Crippen molar-refractivity contribution in [2.24, 2.45) is 9.98 Å². The van der Waals surface area contributed by atoms with Crippen LogP contribution in [0.1, 0.15) is 12.8 Å². The zero-order valence-electron chi connectivity index (χ0n) is 16.2. The summed E-state index contributed by atoms with van der Waals surface area (Å²) in [6.07, 6.45) is 2.15. The molecule has 2 aromatic carbocycles. The number of aliphatic imine (C=N–C) groups is 2. The van der Waals surface area contributed by atoms with Crippen LogP contribution in [-0.4, -0.2) is 45.1 Å². The van der Waals surface area contributed by atoms with Crippen LogP contribution < -0.4 is 26.2 Å². The van der Waals surface area contributed by atoms with Gasteiger partial charge in [-0.15, -0.1) is 0 Å². The molecule has 28 heavy (non-hydrogen) atoms. The third kappa shape index (κ3) is 4.19. The molecule has 2 aliphatic heterocycles. The van der Waals surface area contributed by atoms with E-state index < -0.39 is 0 Å². The van der Waals surface area contributed by atoms with Crippen molar-refractivity contribution in [1.82, 2.24) is 10.6 Å². The molecule has 0 bridgehead atoms. The molecule has 2 aliphatic rings. The van der Waals surface area contributed by atoms with Crippen LogP contribution >= 0.6 is 0 Å². The fourth-order valence-corrected chi connectivity index (χ4v) is 3.36. The third-order valence-electron chi connectivity index (χ3n) is 4.83. The van der Waals surface area contributed by atoms with Gasteiger partial charge in [-0.3, -0.25) is 9.98 Å². The summed E-state index contributed by atoms with van der Waals surface area (Å²) in [6.45, 7) is 3.61. The largest absolute Gasteiger partial charge is 0.356 e. The zero-order valence-corrected chi connectivity index (χ0v) is 16.2. The Morgan fingerprint density at radius 3 is 1.64 bits per heavy atom. The van der Waals surface area contributed by atoms with Gasteiger partial charge in [-0.1, -0.05) is 24.3 Å². The van der Waals surface area contributed by atoms with Gasteiger partial charge in [0.15, 0.2) is 11.9 Å². The van der Waals surface area contributed by atoms with Gasteiger partial charge in [0, 0.05) is 33.2 Å². The van der Waals surface area contributed by atoms with E-state index in [-0.39, 0.29) is 0 Å². The van der Waals surface area contributed by atoms with E-state index in [9.17, 15) is 0 Å². The minimum Gasteiger partial charge on any atom is -0.356 e. The van der Waals surface area contributed by atoms with E-state index in [0.29, 0.717) is 0 Å².